The maximum atomic E-state index is 12.7. The number of likely N-dealkylation sites (tertiary alicyclic amines) is 1. The minimum Gasteiger partial charge on any atom is -0.338 e. The van der Waals surface area contributed by atoms with Crippen LogP contribution in [0, 0.1) is 5.92 Å². The molecule has 0 saturated carbocycles. The van der Waals surface area contributed by atoms with E-state index in [1.807, 2.05) is 18.6 Å². The van der Waals surface area contributed by atoms with Gasteiger partial charge in [-0.3, -0.25) is 9.69 Å². The van der Waals surface area contributed by atoms with Crippen molar-refractivity contribution in [2.24, 2.45) is 5.92 Å². The highest BCUT2D eigenvalue weighted by Gasteiger charge is 2.23. The summed E-state index contributed by atoms with van der Waals surface area (Å²) in [5, 5.41) is 0.828. The van der Waals surface area contributed by atoms with Gasteiger partial charge >= 0.3 is 0 Å². The highest BCUT2D eigenvalue weighted by Crippen LogP contribution is 2.25. The Morgan fingerprint density at radius 2 is 1.83 bits per heavy atom. The molecule has 2 aliphatic heterocycles. The van der Waals surface area contributed by atoms with Gasteiger partial charge in [-0.15, -0.1) is 0 Å². The van der Waals surface area contributed by atoms with Gasteiger partial charge in [-0.25, -0.2) is 9.97 Å². The molecule has 1 aromatic carbocycles. The summed E-state index contributed by atoms with van der Waals surface area (Å²) in [6, 6.07) is 8.51. The van der Waals surface area contributed by atoms with E-state index in [0.29, 0.717) is 18.2 Å². The third-order valence-electron chi connectivity index (χ3n) is 6.23. The number of piperidine rings is 1. The van der Waals surface area contributed by atoms with Crippen molar-refractivity contribution in [3.8, 4) is 0 Å². The molecule has 0 spiro atoms. The SMILES string of the molecule is CSc1ncc(CN2CCC(CCC(=O)N3CCc4ccccc4C3)CC2)cn1. The Morgan fingerprint density at radius 3 is 2.55 bits per heavy atom. The van der Waals surface area contributed by atoms with Crippen LogP contribution in [0.15, 0.2) is 41.8 Å². The van der Waals surface area contributed by atoms with Gasteiger partial charge in [0.1, 0.15) is 0 Å². The summed E-state index contributed by atoms with van der Waals surface area (Å²) in [6.45, 7) is 4.77. The van der Waals surface area contributed by atoms with Crippen LogP contribution in [-0.4, -0.2) is 51.6 Å². The van der Waals surface area contributed by atoms with Crippen LogP contribution in [-0.2, 0) is 24.3 Å². The Balaban J connectivity index is 1.18. The number of hydrogen-bond donors (Lipinski definition) is 0. The maximum absolute atomic E-state index is 12.7. The van der Waals surface area contributed by atoms with E-state index in [2.05, 4.69) is 44.0 Å². The van der Waals surface area contributed by atoms with E-state index in [0.717, 1.165) is 50.7 Å². The lowest BCUT2D eigenvalue weighted by atomic mass is 9.91. The predicted octanol–water partition coefficient (Wildman–Crippen LogP) is 3.78. The molecule has 29 heavy (non-hydrogen) atoms. The lowest BCUT2D eigenvalue weighted by molar-refractivity contribution is -0.132. The molecule has 4 rings (SSSR count). The van der Waals surface area contributed by atoms with Crippen molar-refractivity contribution in [1.29, 1.82) is 0 Å². The third-order valence-corrected chi connectivity index (χ3v) is 6.80. The highest BCUT2D eigenvalue weighted by atomic mass is 32.2. The van der Waals surface area contributed by atoms with Gasteiger partial charge in [-0.2, -0.15) is 0 Å². The maximum Gasteiger partial charge on any atom is 0.222 e. The summed E-state index contributed by atoms with van der Waals surface area (Å²) in [6.07, 6.45) is 10.9. The average Bonchev–Trinajstić information content (AvgIpc) is 2.78. The molecule has 2 aromatic rings. The first-order chi connectivity index (χ1) is 14.2. The Bertz CT molecular complexity index is 818. The van der Waals surface area contributed by atoms with E-state index >= 15 is 0 Å². The number of benzene rings is 1. The van der Waals surface area contributed by atoms with Crippen LogP contribution in [0.1, 0.15) is 42.4 Å². The molecule has 1 fully saturated rings. The van der Waals surface area contributed by atoms with Crippen LogP contribution in [0.2, 0.25) is 0 Å². The van der Waals surface area contributed by atoms with E-state index in [9.17, 15) is 4.79 Å². The molecule has 0 bridgehead atoms. The summed E-state index contributed by atoms with van der Waals surface area (Å²) >= 11 is 1.57. The van der Waals surface area contributed by atoms with Crippen LogP contribution < -0.4 is 0 Å². The standard InChI is InChI=1S/C23H30N4OS/c1-29-23-24-14-19(15-25-23)16-26-11-8-18(9-12-26)6-7-22(28)27-13-10-20-4-2-3-5-21(20)17-27/h2-5,14-15,18H,6-13,16-17H2,1H3. The molecule has 0 radical (unpaired) electrons. The zero-order valence-electron chi connectivity index (χ0n) is 17.2. The van der Waals surface area contributed by atoms with Gasteiger partial charge in [0.15, 0.2) is 5.16 Å². The van der Waals surface area contributed by atoms with Crippen molar-refractivity contribution in [3.05, 3.63) is 53.3 Å². The largest absolute Gasteiger partial charge is 0.338 e. The Hall–Kier alpha value is -1.92. The minimum atomic E-state index is 0.327. The van der Waals surface area contributed by atoms with Gasteiger partial charge in [0.05, 0.1) is 0 Å². The summed E-state index contributed by atoms with van der Waals surface area (Å²) in [4.78, 5) is 26.0. The van der Waals surface area contributed by atoms with Crippen molar-refractivity contribution in [3.63, 3.8) is 0 Å². The van der Waals surface area contributed by atoms with E-state index in [4.69, 9.17) is 0 Å². The zero-order valence-corrected chi connectivity index (χ0v) is 18.0. The van der Waals surface area contributed by atoms with Gasteiger partial charge < -0.3 is 4.90 Å². The Morgan fingerprint density at radius 1 is 1.10 bits per heavy atom. The molecule has 0 N–H and O–H groups in total. The molecule has 2 aliphatic rings. The first-order valence-electron chi connectivity index (χ1n) is 10.6. The van der Waals surface area contributed by atoms with Crippen LogP contribution in [0.25, 0.3) is 0 Å². The average molecular weight is 411 g/mol. The second kappa shape index (κ2) is 9.72. The summed E-state index contributed by atoms with van der Waals surface area (Å²) < 4.78 is 0. The first-order valence-corrected chi connectivity index (χ1v) is 11.9. The fraction of sp³-hybridized carbons (Fsp3) is 0.522. The van der Waals surface area contributed by atoms with Gasteiger partial charge in [0, 0.05) is 44.0 Å². The number of carbonyl (C=O) groups excluding carboxylic acids is 1. The van der Waals surface area contributed by atoms with E-state index < -0.39 is 0 Å². The van der Waals surface area contributed by atoms with Crippen molar-refractivity contribution in [1.82, 2.24) is 19.8 Å². The van der Waals surface area contributed by atoms with Crippen molar-refractivity contribution in [2.45, 2.75) is 50.4 Å². The number of aromatic nitrogens is 2. The van der Waals surface area contributed by atoms with Crippen molar-refractivity contribution in [2.75, 3.05) is 25.9 Å². The topological polar surface area (TPSA) is 49.3 Å². The lowest BCUT2D eigenvalue weighted by Gasteiger charge is -2.33. The summed E-state index contributed by atoms with van der Waals surface area (Å²) in [5.41, 5.74) is 3.90. The molecule has 6 heteroatoms. The molecular formula is C23H30N4OS. The van der Waals surface area contributed by atoms with Gasteiger partial charge in [-0.1, -0.05) is 36.0 Å². The third kappa shape index (κ3) is 5.37. The molecular weight excluding hydrogens is 380 g/mol. The monoisotopic (exact) mass is 410 g/mol. The molecule has 5 nitrogen and oxygen atoms in total. The number of fused-ring (bicyclic) bond motifs is 1. The number of thioether (sulfide) groups is 1. The second-order valence-corrected chi connectivity index (χ2v) is 8.94. The van der Waals surface area contributed by atoms with E-state index in [-0.39, 0.29) is 0 Å². The quantitative estimate of drug-likeness (QED) is 0.536. The molecule has 1 aromatic heterocycles. The zero-order chi connectivity index (χ0) is 20.1. The molecule has 3 heterocycles. The van der Waals surface area contributed by atoms with E-state index in [1.54, 1.807) is 11.8 Å². The number of nitrogens with zero attached hydrogens (tertiary/aromatic N) is 4. The van der Waals surface area contributed by atoms with Crippen LogP contribution in [0.4, 0.5) is 0 Å². The fourth-order valence-electron chi connectivity index (χ4n) is 4.42. The number of hydrogen-bond acceptors (Lipinski definition) is 5. The number of rotatable bonds is 6. The lowest BCUT2D eigenvalue weighted by Crippen LogP contribution is -2.37. The van der Waals surface area contributed by atoms with E-state index in [1.165, 1.54) is 29.5 Å². The van der Waals surface area contributed by atoms with Crippen LogP contribution in [0.3, 0.4) is 0 Å². The van der Waals surface area contributed by atoms with Gasteiger partial charge in [0.2, 0.25) is 5.91 Å². The summed E-state index contributed by atoms with van der Waals surface area (Å²) in [7, 11) is 0. The number of amides is 1. The molecule has 154 valence electrons. The van der Waals surface area contributed by atoms with Crippen molar-refractivity contribution < 1.29 is 4.79 Å². The molecule has 0 unspecified atom stereocenters. The normalized spacial score (nSPS) is 17.9. The smallest absolute Gasteiger partial charge is 0.222 e. The van der Waals surface area contributed by atoms with Crippen LogP contribution in [0.5, 0.6) is 0 Å². The first kappa shape index (κ1) is 20.4. The Kier molecular flexibility index (Phi) is 6.82. The van der Waals surface area contributed by atoms with Crippen LogP contribution >= 0.6 is 11.8 Å². The second-order valence-electron chi connectivity index (χ2n) is 8.17. The Labute approximate surface area is 177 Å². The minimum absolute atomic E-state index is 0.327. The predicted molar refractivity (Wildman–Crippen MR) is 117 cm³/mol. The summed E-state index contributed by atoms with van der Waals surface area (Å²) in [5.74, 6) is 0.996. The molecule has 0 aliphatic carbocycles. The van der Waals surface area contributed by atoms with Crippen molar-refractivity contribution >= 4 is 17.7 Å². The van der Waals surface area contributed by atoms with Gasteiger partial charge in [0.25, 0.3) is 0 Å². The molecule has 0 atom stereocenters. The van der Waals surface area contributed by atoms with Gasteiger partial charge in [-0.05, 0) is 62.1 Å². The fourth-order valence-corrected chi connectivity index (χ4v) is 4.73. The molecule has 1 saturated heterocycles. The highest BCUT2D eigenvalue weighted by molar-refractivity contribution is 7.98. The molecule has 1 amide bonds. The number of carbonyl (C=O) groups is 1.